The molecule has 8 heteroatoms. The van der Waals surface area contributed by atoms with E-state index in [0.29, 0.717) is 13.2 Å². The Bertz CT molecular complexity index is 597. The maximum Gasteiger partial charge on any atom is 0.174 e. The van der Waals surface area contributed by atoms with Crippen molar-refractivity contribution >= 4 is 0 Å². The molecule has 0 aliphatic carbocycles. The zero-order chi connectivity index (χ0) is 16.1. The van der Waals surface area contributed by atoms with Crippen LogP contribution in [0.4, 0.5) is 0 Å². The lowest BCUT2D eigenvalue weighted by molar-refractivity contribution is 0.0648. The average molecular weight is 318 g/mol. The van der Waals surface area contributed by atoms with Crippen LogP contribution in [0.5, 0.6) is 0 Å². The first kappa shape index (κ1) is 16.0. The molecule has 124 valence electrons. The molecule has 0 spiro atoms. The van der Waals surface area contributed by atoms with Crippen LogP contribution in [0.2, 0.25) is 0 Å². The lowest BCUT2D eigenvalue weighted by atomic mass is 10.0. The minimum absolute atomic E-state index is 0.115. The Morgan fingerprint density at radius 2 is 2.17 bits per heavy atom. The normalized spacial score (nSPS) is 18.2. The van der Waals surface area contributed by atoms with Gasteiger partial charge in [0, 0.05) is 26.4 Å². The summed E-state index contributed by atoms with van der Waals surface area (Å²) in [7, 11) is 1.66. The fraction of sp³-hybridized carbons (Fsp3) is 0.600. The van der Waals surface area contributed by atoms with Crippen molar-refractivity contribution in [3.63, 3.8) is 0 Å². The number of aliphatic hydroxyl groups is 1. The molecule has 2 aromatic heterocycles. The third-order valence-electron chi connectivity index (χ3n) is 4.14. The first-order valence-electron chi connectivity index (χ1n) is 7.87. The number of aromatic nitrogens is 5. The van der Waals surface area contributed by atoms with Crippen molar-refractivity contribution in [1.29, 1.82) is 0 Å². The summed E-state index contributed by atoms with van der Waals surface area (Å²) in [6, 6.07) is 5.74. The molecule has 1 fully saturated rings. The van der Waals surface area contributed by atoms with Crippen molar-refractivity contribution < 1.29 is 9.84 Å². The molecule has 1 saturated heterocycles. The molecule has 0 amide bonds. The summed E-state index contributed by atoms with van der Waals surface area (Å²) in [5.74, 6) is 0.761. The van der Waals surface area contributed by atoms with Crippen LogP contribution in [0.1, 0.15) is 30.4 Å². The zero-order valence-electron chi connectivity index (χ0n) is 13.2. The van der Waals surface area contributed by atoms with E-state index in [2.05, 4.69) is 25.4 Å². The largest absolute Gasteiger partial charge is 0.393 e. The summed E-state index contributed by atoms with van der Waals surface area (Å²) in [6.07, 6.45) is 3.07. The van der Waals surface area contributed by atoms with E-state index in [4.69, 9.17) is 4.74 Å². The van der Waals surface area contributed by atoms with E-state index in [0.717, 1.165) is 37.4 Å². The Morgan fingerprint density at radius 3 is 2.87 bits per heavy atom. The molecular formula is C15H22N6O2. The topological polar surface area (TPSA) is 89.2 Å². The molecular weight excluding hydrogens is 296 g/mol. The Hall–Kier alpha value is -1.90. The highest BCUT2D eigenvalue weighted by Crippen LogP contribution is 2.28. The molecule has 0 bridgehead atoms. The van der Waals surface area contributed by atoms with Crippen LogP contribution in [0.15, 0.2) is 24.4 Å². The molecule has 3 heterocycles. The minimum atomic E-state index is -0.222. The number of piperidine rings is 1. The third-order valence-corrected chi connectivity index (χ3v) is 4.14. The molecule has 1 aliphatic rings. The molecule has 8 nitrogen and oxygen atoms in total. The molecule has 0 aromatic carbocycles. The number of pyridine rings is 1. The summed E-state index contributed by atoms with van der Waals surface area (Å²) >= 11 is 0. The zero-order valence-corrected chi connectivity index (χ0v) is 13.2. The Morgan fingerprint density at radius 1 is 1.35 bits per heavy atom. The number of ether oxygens (including phenoxy) is 1. The quantitative estimate of drug-likeness (QED) is 0.817. The van der Waals surface area contributed by atoms with E-state index < -0.39 is 0 Å². The SMILES string of the molecule is COCCn1nnnc1C(c1ccccn1)N1CCC(O)CC1. The molecule has 1 atom stereocenters. The monoisotopic (exact) mass is 318 g/mol. The Labute approximate surface area is 135 Å². The van der Waals surface area contributed by atoms with E-state index >= 15 is 0 Å². The minimum Gasteiger partial charge on any atom is -0.393 e. The van der Waals surface area contributed by atoms with Crippen molar-refractivity contribution in [2.45, 2.75) is 31.5 Å². The van der Waals surface area contributed by atoms with Crippen LogP contribution in [0.3, 0.4) is 0 Å². The Kier molecular flexibility index (Phi) is 5.27. The number of methoxy groups -OCH3 is 1. The predicted octanol–water partition coefficient (Wildman–Crippen LogP) is 0.261. The van der Waals surface area contributed by atoms with Gasteiger partial charge in [-0.25, -0.2) is 4.68 Å². The van der Waals surface area contributed by atoms with Crippen LogP contribution < -0.4 is 0 Å². The predicted molar refractivity (Wildman–Crippen MR) is 82.6 cm³/mol. The smallest absolute Gasteiger partial charge is 0.174 e. The lowest BCUT2D eigenvalue weighted by Gasteiger charge is -2.35. The maximum atomic E-state index is 9.78. The van der Waals surface area contributed by atoms with Crippen molar-refractivity contribution in [2.75, 3.05) is 26.8 Å². The summed E-state index contributed by atoms with van der Waals surface area (Å²) in [6.45, 7) is 2.73. The molecule has 1 unspecified atom stereocenters. The van der Waals surface area contributed by atoms with E-state index in [1.54, 1.807) is 18.0 Å². The van der Waals surface area contributed by atoms with Gasteiger partial charge in [-0.1, -0.05) is 6.07 Å². The second-order valence-corrected chi connectivity index (χ2v) is 5.68. The van der Waals surface area contributed by atoms with Crippen LogP contribution in [-0.2, 0) is 11.3 Å². The van der Waals surface area contributed by atoms with Gasteiger partial charge in [0.1, 0.15) is 6.04 Å². The fourth-order valence-corrected chi connectivity index (χ4v) is 2.91. The van der Waals surface area contributed by atoms with Crippen LogP contribution >= 0.6 is 0 Å². The first-order chi connectivity index (χ1) is 11.3. The second-order valence-electron chi connectivity index (χ2n) is 5.68. The van der Waals surface area contributed by atoms with Gasteiger partial charge in [0.05, 0.1) is 24.9 Å². The highest BCUT2D eigenvalue weighted by atomic mass is 16.5. The highest BCUT2D eigenvalue weighted by molar-refractivity contribution is 5.17. The van der Waals surface area contributed by atoms with Gasteiger partial charge in [-0.3, -0.25) is 9.88 Å². The van der Waals surface area contributed by atoms with Gasteiger partial charge < -0.3 is 9.84 Å². The summed E-state index contributed by atoms with van der Waals surface area (Å²) in [5, 5.41) is 21.9. The standard InChI is InChI=1S/C15H22N6O2/c1-23-11-10-21-15(17-18-19-21)14(13-4-2-3-7-16-13)20-8-5-12(22)6-9-20/h2-4,7,12,14,22H,5-6,8-11H2,1H3. The maximum absolute atomic E-state index is 9.78. The van der Waals surface area contributed by atoms with Crippen molar-refractivity contribution in [1.82, 2.24) is 30.1 Å². The van der Waals surface area contributed by atoms with E-state index in [1.165, 1.54) is 0 Å². The van der Waals surface area contributed by atoms with Crippen LogP contribution in [-0.4, -0.2) is 68.1 Å². The summed E-state index contributed by atoms with van der Waals surface area (Å²) < 4.78 is 6.91. The lowest BCUT2D eigenvalue weighted by Crippen LogP contribution is -2.40. The van der Waals surface area contributed by atoms with Gasteiger partial charge in [0.15, 0.2) is 5.82 Å². The molecule has 0 radical (unpaired) electrons. The van der Waals surface area contributed by atoms with E-state index in [-0.39, 0.29) is 12.1 Å². The van der Waals surface area contributed by atoms with Gasteiger partial charge in [0.25, 0.3) is 0 Å². The van der Waals surface area contributed by atoms with Crippen molar-refractivity contribution in [3.05, 3.63) is 35.9 Å². The van der Waals surface area contributed by atoms with Gasteiger partial charge in [-0.05, 0) is 35.4 Å². The van der Waals surface area contributed by atoms with Crippen molar-refractivity contribution in [2.24, 2.45) is 0 Å². The number of hydrogen-bond donors (Lipinski definition) is 1. The summed E-state index contributed by atoms with van der Waals surface area (Å²) in [5.41, 5.74) is 0.914. The first-order valence-corrected chi connectivity index (χ1v) is 7.87. The van der Waals surface area contributed by atoms with Gasteiger partial charge in [-0.15, -0.1) is 5.10 Å². The van der Waals surface area contributed by atoms with E-state index in [1.807, 2.05) is 18.2 Å². The molecule has 23 heavy (non-hydrogen) atoms. The number of rotatable bonds is 6. The molecule has 3 rings (SSSR count). The number of hydrogen-bond acceptors (Lipinski definition) is 7. The molecule has 1 aliphatic heterocycles. The van der Waals surface area contributed by atoms with Crippen LogP contribution in [0, 0.1) is 0 Å². The number of likely N-dealkylation sites (tertiary alicyclic amines) is 1. The van der Waals surface area contributed by atoms with Crippen LogP contribution in [0.25, 0.3) is 0 Å². The molecule has 2 aromatic rings. The number of tetrazole rings is 1. The number of aliphatic hydroxyl groups excluding tert-OH is 1. The Balaban J connectivity index is 1.91. The van der Waals surface area contributed by atoms with Gasteiger partial charge in [-0.2, -0.15) is 0 Å². The number of nitrogens with zero attached hydrogens (tertiary/aromatic N) is 6. The van der Waals surface area contributed by atoms with Gasteiger partial charge in [0.2, 0.25) is 0 Å². The average Bonchev–Trinajstić information content (AvgIpc) is 3.04. The molecule has 0 saturated carbocycles. The summed E-state index contributed by atoms with van der Waals surface area (Å²) in [4.78, 5) is 6.79. The fourth-order valence-electron chi connectivity index (χ4n) is 2.91. The van der Waals surface area contributed by atoms with Crippen molar-refractivity contribution in [3.8, 4) is 0 Å². The van der Waals surface area contributed by atoms with E-state index in [9.17, 15) is 5.11 Å². The molecule has 1 N–H and O–H groups in total. The highest BCUT2D eigenvalue weighted by Gasteiger charge is 2.31. The third kappa shape index (κ3) is 3.72. The van der Waals surface area contributed by atoms with Gasteiger partial charge >= 0.3 is 0 Å². The second kappa shape index (κ2) is 7.58.